The summed E-state index contributed by atoms with van der Waals surface area (Å²) in [5, 5.41) is 0. The molecule has 2 aromatic rings. The highest BCUT2D eigenvalue weighted by Gasteiger charge is 2.16. The Bertz CT molecular complexity index is 546. The first-order valence-electron chi connectivity index (χ1n) is 6.62. The molecule has 19 heavy (non-hydrogen) atoms. The number of rotatable bonds is 3. The number of pyridine rings is 1. The molecule has 0 radical (unpaired) electrons. The quantitative estimate of drug-likeness (QED) is 0.913. The molecule has 3 heterocycles. The molecule has 0 bridgehead atoms. The van der Waals surface area contributed by atoms with Crippen LogP contribution in [-0.4, -0.2) is 27.7 Å². The third-order valence-electron chi connectivity index (χ3n) is 3.64. The molecule has 0 aromatic carbocycles. The Balaban J connectivity index is 1.84. The predicted octanol–water partition coefficient (Wildman–Crippen LogP) is 1.95. The fourth-order valence-electron chi connectivity index (χ4n) is 2.52. The summed E-state index contributed by atoms with van der Waals surface area (Å²) in [4.78, 5) is 8.40. The minimum atomic E-state index is 0.652. The molecule has 0 saturated carbocycles. The Hall–Kier alpha value is -1.88. The Labute approximate surface area is 112 Å². The molecule has 0 aliphatic carbocycles. The van der Waals surface area contributed by atoms with Gasteiger partial charge in [0.05, 0.1) is 18.2 Å². The Morgan fingerprint density at radius 1 is 1.26 bits per heavy atom. The Morgan fingerprint density at radius 3 is 2.89 bits per heavy atom. The molecule has 1 aliphatic heterocycles. The van der Waals surface area contributed by atoms with Gasteiger partial charge >= 0.3 is 0 Å². The normalized spacial score (nSPS) is 16.6. The van der Waals surface area contributed by atoms with Crippen LogP contribution in [0.4, 0.5) is 5.69 Å². The third kappa shape index (κ3) is 2.61. The highest BCUT2D eigenvalue weighted by Crippen LogP contribution is 2.26. The number of ether oxygens (including phenoxy) is 1. The highest BCUT2D eigenvalue weighted by atomic mass is 16.5. The number of anilines is 1. The fraction of sp³-hybridized carbons (Fsp3) is 0.429. The van der Waals surface area contributed by atoms with Crippen molar-refractivity contribution in [2.24, 2.45) is 5.92 Å². The molecular formula is C14H18N4O. The van der Waals surface area contributed by atoms with Crippen molar-refractivity contribution in [3.8, 4) is 11.3 Å². The van der Waals surface area contributed by atoms with E-state index in [2.05, 4.69) is 14.5 Å². The summed E-state index contributed by atoms with van der Waals surface area (Å²) < 4.78 is 7.57. The van der Waals surface area contributed by atoms with Crippen molar-refractivity contribution in [2.75, 3.05) is 18.9 Å². The Morgan fingerprint density at radius 2 is 2.11 bits per heavy atom. The SMILES string of the molecule is Nc1ccncc1-c1cncn1CC1CCOCC1. The van der Waals surface area contributed by atoms with Crippen LogP contribution in [0.3, 0.4) is 0 Å². The van der Waals surface area contributed by atoms with Crippen molar-refractivity contribution in [3.05, 3.63) is 31.0 Å². The average Bonchev–Trinajstić information content (AvgIpc) is 2.88. The van der Waals surface area contributed by atoms with Crippen LogP contribution in [-0.2, 0) is 11.3 Å². The van der Waals surface area contributed by atoms with E-state index in [9.17, 15) is 0 Å². The summed E-state index contributed by atoms with van der Waals surface area (Å²) in [6.45, 7) is 2.69. The van der Waals surface area contributed by atoms with Gasteiger partial charge in [-0.1, -0.05) is 0 Å². The third-order valence-corrected chi connectivity index (χ3v) is 3.64. The van der Waals surface area contributed by atoms with Gasteiger partial charge < -0.3 is 15.0 Å². The van der Waals surface area contributed by atoms with Gasteiger partial charge in [0.15, 0.2) is 0 Å². The lowest BCUT2D eigenvalue weighted by molar-refractivity contribution is 0.0614. The molecule has 2 N–H and O–H groups in total. The second kappa shape index (κ2) is 5.40. The van der Waals surface area contributed by atoms with Crippen molar-refractivity contribution >= 4 is 5.69 Å². The second-order valence-electron chi connectivity index (χ2n) is 4.95. The van der Waals surface area contributed by atoms with Crippen LogP contribution in [0.2, 0.25) is 0 Å². The van der Waals surface area contributed by atoms with Crippen molar-refractivity contribution in [3.63, 3.8) is 0 Å². The molecule has 5 nitrogen and oxygen atoms in total. The molecule has 0 unspecified atom stereocenters. The van der Waals surface area contributed by atoms with Gasteiger partial charge in [-0.2, -0.15) is 0 Å². The molecule has 0 atom stereocenters. The van der Waals surface area contributed by atoms with Crippen molar-refractivity contribution < 1.29 is 4.74 Å². The van der Waals surface area contributed by atoms with E-state index in [-0.39, 0.29) is 0 Å². The first-order valence-corrected chi connectivity index (χ1v) is 6.62. The van der Waals surface area contributed by atoms with Crippen LogP contribution in [0.1, 0.15) is 12.8 Å². The number of aromatic nitrogens is 3. The zero-order valence-electron chi connectivity index (χ0n) is 10.8. The number of nitrogens with zero attached hydrogens (tertiary/aromatic N) is 3. The van der Waals surface area contributed by atoms with Crippen LogP contribution in [0, 0.1) is 5.92 Å². The lowest BCUT2D eigenvalue weighted by Crippen LogP contribution is -2.20. The summed E-state index contributed by atoms with van der Waals surface area (Å²) >= 11 is 0. The second-order valence-corrected chi connectivity index (χ2v) is 4.95. The van der Waals surface area contributed by atoms with Gasteiger partial charge in [0.2, 0.25) is 0 Å². The van der Waals surface area contributed by atoms with Gasteiger partial charge in [-0.25, -0.2) is 4.98 Å². The van der Waals surface area contributed by atoms with Gasteiger partial charge in [0.25, 0.3) is 0 Å². The van der Waals surface area contributed by atoms with Crippen LogP contribution in [0.25, 0.3) is 11.3 Å². The molecule has 0 amide bonds. The lowest BCUT2D eigenvalue weighted by Gasteiger charge is -2.23. The standard InChI is InChI=1S/C14H18N4O/c15-13-1-4-16-7-12(13)14-8-17-10-18(14)9-11-2-5-19-6-3-11/h1,4,7-8,10-11H,2-3,5-6,9H2,(H2,15,16). The molecule has 1 aliphatic rings. The molecule has 3 rings (SSSR count). The maximum atomic E-state index is 6.01. The maximum absolute atomic E-state index is 6.01. The largest absolute Gasteiger partial charge is 0.398 e. The zero-order valence-corrected chi connectivity index (χ0v) is 10.8. The van der Waals surface area contributed by atoms with Crippen LogP contribution in [0.5, 0.6) is 0 Å². The van der Waals surface area contributed by atoms with E-state index in [1.165, 1.54) is 0 Å². The molecule has 1 fully saturated rings. The van der Waals surface area contributed by atoms with Crippen LogP contribution >= 0.6 is 0 Å². The summed E-state index contributed by atoms with van der Waals surface area (Å²) in [6, 6.07) is 1.82. The van der Waals surface area contributed by atoms with Gasteiger partial charge in [-0.15, -0.1) is 0 Å². The molecular weight excluding hydrogens is 240 g/mol. The summed E-state index contributed by atoms with van der Waals surface area (Å²) in [7, 11) is 0. The van der Waals surface area contributed by atoms with Gasteiger partial charge in [-0.05, 0) is 24.8 Å². The number of imidazole rings is 1. The monoisotopic (exact) mass is 258 g/mol. The minimum Gasteiger partial charge on any atom is -0.398 e. The van der Waals surface area contributed by atoms with Crippen LogP contribution < -0.4 is 5.73 Å². The van der Waals surface area contributed by atoms with E-state index < -0.39 is 0 Å². The van der Waals surface area contributed by atoms with Crippen molar-refractivity contribution in [1.82, 2.24) is 14.5 Å². The number of hydrogen-bond acceptors (Lipinski definition) is 4. The number of nitrogen functional groups attached to an aromatic ring is 1. The molecule has 2 aromatic heterocycles. The van der Waals surface area contributed by atoms with E-state index in [1.807, 2.05) is 18.6 Å². The smallest absolute Gasteiger partial charge is 0.0951 e. The van der Waals surface area contributed by atoms with Gasteiger partial charge in [0.1, 0.15) is 0 Å². The Kier molecular flexibility index (Phi) is 3.46. The van der Waals surface area contributed by atoms with E-state index in [0.717, 1.165) is 49.5 Å². The van der Waals surface area contributed by atoms with Gasteiger partial charge in [-0.3, -0.25) is 4.98 Å². The summed E-state index contributed by atoms with van der Waals surface area (Å²) in [5.41, 5.74) is 8.74. The molecule has 5 heteroatoms. The lowest BCUT2D eigenvalue weighted by atomic mass is 10.00. The molecule has 0 spiro atoms. The van der Waals surface area contributed by atoms with Crippen LogP contribution in [0.15, 0.2) is 31.0 Å². The number of nitrogens with two attached hydrogens (primary N) is 1. The van der Waals surface area contributed by atoms with E-state index >= 15 is 0 Å². The van der Waals surface area contributed by atoms with Gasteiger partial charge in [0, 0.05) is 43.4 Å². The van der Waals surface area contributed by atoms with E-state index in [1.54, 1.807) is 12.4 Å². The first kappa shape index (κ1) is 12.2. The van der Waals surface area contributed by atoms with Crippen molar-refractivity contribution in [1.29, 1.82) is 0 Å². The minimum absolute atomic E-state index is 0.652. The van der Waals surface area contributed by atoms with E-state index in [4.69, 9.17) is 10.5 Å². The first-order chi connectivity index (χ1) is 9.34. The number of hydrogen-bond donors (Lipinski definition) is 1. The van der Waals surface area contributed by atoms with Crippen molar-refractivity contribution in [2.45, 2.75) is 19.4 Å². The predicted molar refractivity (Wildman–Crippen MR) is 73.4 cm³/mol. The van der Waals surface area contributed by atoms with E-state index in [0.29, 0.717) is 5.92 Å². The topological polar surface area (TPSA) is 66.0 Å². The summed E-state index contributed by atoms with van der Waals surface area (Å²) in [5.74, 6) is 0.652. The maximum Gasteiger partial charge on any atom is 0.0951 e. The molecule has 1 saturated heterocycles. The zero-order chi connectivity index (χ0) is 13.1. The fourth-order valence-corrected chi connectivity index (χ4v) is 2.52. The average molecular weight is 258 g/mol. The summed E-state index contributed by atoms with van der Waals surface area (Å²) in [6.07, 6.45) is 9.45. The molecule has 100 valence electrons. The highest BCUT2D eigenvalue weighted by molar-refractivity contribution is 5.72.